The molecule has 2 N–H and O–H groups in total. The molecule has 2 amide bonds. The molecule has 2 aromatic carbocycles. The van der Waals surface area contributed by atoms with Crippen molar-refractivity contribution >= 4 is 50.7 Å². The molecule has 0 aliphatic heterocycles. The number of nitrogens with one attached hydrogen (secondary N) is 1. The standard InChI is InChI=1S/C20H20ClF3N2O5S2/c1-19(29,20(22,23)24)18(28)25-13-9-10-14(16(32-4)15(13)21)33(30,31)12-7-5-11(6-8-12)17(27)26(2)3/h5-10,29H,1-4H3,(H,25,28). The molecule has 0 aliphatic rings. The lowest BCUT2D eigenvalue weighted by Gasteiger charge is -2.25. The summed E-state index contributed by atoms with van der Waals surface area (Å²) in [6, 6.07) is 7.32. The monoisotopic (exact) mass is 524 g/mol. The molecule has 2 aromatic rings. The van der Waals surface area contributed by atoms with Crippen LogP contribution < -0.4 is 5.32 Å². The first-order chi connectivity index (χ1) is 15.1. The summed E-state index contributed by atoms with van der Waals surface area (Å²) in [5.74, 6) is -2.10. The third kappa shape index (κ3) is 5.29. The largest absolute Gasteiger partial charge is 0.426 e. The minimum absolute atomic E-state index is 0.0189. The molecule has 1 unspecified atom stereocenters. The number of carbonyl (C=O) groups excluding carboxylic acids is 2. The zero-order chi connectivity index (χ0) is 25.4. The Kier molecular flexibility index (Phi) is 7.79. The smallest absolute Gasteiger partial charge is 0.373 e. The van der Waals surface area contributed by atoms with Crippen molar-refractivity contribution in [2.75, 3.05) is 25.7 Å². The van der Waals surface area contributed by atoms with E-state index in [-0.39, 0.29) is 43.8 Å². The maximum atomic E-state index is 13.2. The molecular weight excluding hydrogens is 505 g/mol. The van der Waals surface area contributed by atoms with Crippen molar-refractivity contribution in [1.29, 1.82) is 0 Å². The van der Waals surface area contributed by atoms with E-state index in [4.69, 9.17) is 11.6 Å². The van der Waals surface area contributed by atoms with E-state index in [2.05, 4.69) is 0 Å². The third-order valence-electron chi connectivity index (χ3n) is 4.61. The first-order valence-corrected chi connectivity index (χ1v) is 12.2. The highest BCUT2D eigenvalue weighted by molar-refractivity contribution is 7.99. The van der Waals surface area contributed by atoms with Gasteiger partial charge in [0.25, 0.3) is 11.8 Å². The number of sulfone groups is 1. The van der Waals surface area contributed by atoms with Crippen molar-refractivity contribution in [3.05, 3.63) is 47.0 Å². The maximum absolute atomic E-state index is 13.2. The minimum atomic E-state index is -5.24. The van der Waals surface area contributed by atoms with Crippen LogP contribution in [0.25, 0.3) is 0 Å². The Balaban J connectivity index is 2.47. The highest BCUT2D eigenvalue weighted by atomic mass is 35.5. The van der Waals surface area contributed by atoms with Crippen LogP contribution >= 0.6 is 23.4 Å². The van der Waals surface area contributed by atoms with E-state index in [1.807, 2.05) is 5.32 Å². The molecule has 0 bridgehead atoms. The second-order valence-electron chi connectivity index (χ2n) is 7.21. The van der Waals surface area contributed by atoms with Crippen molar-refractivity contribution in [2.45, 2.75) is 33.4 Å². The zero-order valence-electron chi connectivity index (χ0n) is 17.8. The van der Waals surface area contributed by atoms with Crippen LogP contribution in [0.2, 0.25) is 5.02 Å². The molecule has 7 nitrogen and oxygen atoms in total. The summed E-state index contributed by atoms with van der Waals surface area (Å²) in [5.41, 5.74) is -3.72. The SMILES string of the molecule is CSc1c(S(=O)(=O)c2ccc(C(=O)N(C)C)cc2)ccc(NC(=O)C(C)(O)C(F)(F)F)c1Cl. The lowest BCUT2D eigenvalue weighted by Crippen LogP contribution is -2.52. The van der Waals surface area contributed by atoms with Crippen LogP contribution in [-0.2, 0) is 14.6 Å². The number of rotatable bonds is 6. The number of benzene rings is 2. The Bertz CT molecular complexity index is 1180. The summed E-state index contributed by atoms with van der Waals surface area (Å²) in [5, 5.41) is 11.1. The Labute approximate surface area is 197 Å². The fourth-order valence-electron chi connectivity index (χ4n) is 2.57. The second-order valence-corrected chi connectivity index (χ2v) is 10.3. The van der Waals surface area contributed by atoms with E-state index in [0.29, 0.717) is 0 Å². The molecule has 0 fully saturated rings. The van der Waals surface area contributed by atoms with Gasteiger partial charge in [-0.15, -0.1) is 11.8 Å². The summed E-state index contributed by atoms with van der Waals surface area (Å²) in [4.78, 5) is 24.9. The van der Waals surface area contributed by atoms with Crippen molar-refractivity contribution in [3.8, 4) is 0 Å². The average Bonchev–Trinajstić information content (AvgIpc) is 2.73. The number of nitrogens with zero attached hydrogens (tertiary/aromatic N) is 1. The molecule has 2 rings (SSSR count). The van der Waals surface area contributed by atoms with Gasteiger partial charge in [0.05, 0.1) is 20.5 Å². The summed E-state index contributed by atoms with van der Waals surface area (Å²) in [7, 11) is -1.04. The number of halogens is 4. The van der Waals surface area contributed by atoms with Gasteiger partial charge in [-0.3, -0.25) is 9.59 Å². The van der Waals surface area contributed by atoms with E-state index < -0.39 is 27.5 Å². The highest BCUT2D eigenvalue weighted by Gasteiger charge is 2.55. The Morgan fingerprint density at radius 3 is 2.09 bits per heavy atom. The van der Waals surface area contributed by atoms with E-state index in [1.165, 1.54) is 35.4 Å². The summed E-state index contributed by atoms with van der Waals surface area (Å²) in [6.45, 7) is 0.287. The number of aliphatic hydroxyl groups is 1. The lowest BCUT2D eigenvalue weighted by molar-refractivity contribution is -0.242. The van der Waals surface area contributed by atoms with Gasteiger partial charge in [-0.2, -0.15) is 13.2 Å². The fourth-order valence-corrected chi connectivity index (χ4v) is 5.55. The van der Waals surface area contributed by atoms with Crippen LogP contribution in [0.5, 0.6) is 0 Å². The van der Waals surface area contributed by atoms with E-state index in [9.17, 15) is 36.3 Å². The molecule has 0 spiro atoms. The number of anilines is 1. The Morgan fingerprint density at radius 2 is 1.64 bits per heavy atom. The van der Waals surface area contributed by atoms with Gasteiger partial charge in [0.1, 0.15) is 0 Å². The topological polar surface area (TPSA) is 104 Å². The summed E-state index contributed by atoms with van der Waals surface area (Å²) in [6.07, 6.45) is -3.74. The average molecular weight is 525 g/mol. The quantitative estimate of drug-likeness (QED) is 0.556. The number of carbonyl (C=O) groups is 2. The lowest BCUT2D eigenvalue weighted by atomic mass is 10.1. The molecule has 0 heterocycles. The van der Waals surface area contributed by atoms with Crippen molar-refractivity contribution in [3.63, 3.8) is 0 Å². The molecule has 13 heteroatoms. The minimum Gasteiger partial charge on any atom is -0.373 e. The van der Waals surface area contributed by atoms with Crippen LogP contribution in [0, 0.1) is 0 Å². The number of hydrogen-bond donors (Lipinski definition) is 2. The van der Waals surface area contributed by atoms with Gasteiger partial charge in [0.15, 0.2) is 0 Å². The molecule has 0 aliphatic carbocycles. The zero-order valence-corrected chi connectivity index (χ0v) is 20.2. The predicted molar refractivity (Wildman–Crippen MR) is 118 cm³/mol. The van der Waals surface area contributed by atoms with Gasteiger partial charge >= 0.3 is 6.18 Å². The maximum Gasteiger partial charge on any atom is 0.426 e. The molecule has 33 heavy (non-hydrogen) atoms. The van der Waals surface area contributed by atoms with Gasteiger partial charge in [-0.25, -0.2) is 8.42 Å². The van der Waals surface area contributed by atoms with Gasteiger partial charge in [0, 0.05) is 24.6 Å². The van der Waals surface area contributed by atoms with Gasteiger partial charge in [-0.05, 0) is 49.6 Å². The molecule has 180 valence electrons. The van der Waals surface area contributed by atoms with Crippen LogP contribution in [0.15, 0.2) is 51.1 Å². The van der Waals surface area contributed by atoms with E-state index >= 15 is 0 Å². The second kappa shape index (κ2) is 9.53. The normalized spacial score (nSPS) is 13.8. The van der Waals surface area contributed by atoms with Crippen LogP contribution in [0.1, 0.15) is 17.3 Å². The van der Waals surface area contributed by atoms with E-state index in [1.54, 1.807) is 14.1 Å². The molecule has 0 radical (unpaired) electrons. The van der Waals surface area contributed by atoms with Crippen molar-refractivity contribution in [2.24, 2.45) is 0 Å². The fraction of sp³-hybridized carbons (Fsp3) is 0.300. The van der Waals surface area contributed by atoms with Crippen LogP contribution in [0.4, 0.5) is 18.9 Å². The summed E-state index contributed by atoms with van der Waals surface area (Å²) < 4.78 is 65.1. The molecular formula is C20H20ClF3N2O5S2. The number of hydrogen-bond acceptors (Lipinski definition) is 6. The predicted octanol–water partition coefficient (Wildman–Crippen LogP) is 3.85. The highest BCUT2D eigenvalue weighted by Crippen LogP contribution is 2.40. The molecule has 0 saturated heterocycles. The van der Waals surface area contributed by atoms with Gasteiger partial charge in [-0.1, -0.05) is 11.6 Å². The van der Waals surface area contributed by atoms with Crippen molar-refractivity contribution in [1.82, 2.24) is 4.90 Å². The van der Waals surface area contributed by atoms with Crippen molar-refractivity contribution < 1.29 is 36.3 Å². The van der Waals surface area contributed by atoms with Crippen LogP contribution in [-0.4, -0.2) is 62.4 Å². The number of thioether (sulfide) groups is 1. The Morgan fingerprint density at radius 1 is 1.09 bits per heavy atom. The van der Waals surface area contributed by atoms with Gasteiger partial charge < -0.3 is 15.3 Å². The number of amides is 2. The molecule has 1 atom stereocenters. The molecule has 0 saturated carbocycles. The van der Waals surface area contributed by atoms with Crippen LogP contribution in [0.3, 0.4) is 0 Å². The summed E-state index contributed by atoms with van der Waals surface area (Å²) >= 11 is 7.11. The molecule has 0 aromatic heterocycles. The number of alkyl halides is 3. The Hall–Kier alpha value is -2.28. The van der Waals surface area contributed by atoms with Gasteiger partial charge in [0.2, 0.25) is 15.4 Å². The van der Waals surface area contributed by atoms with E-state index in [0.717, 1.165) is 23.9 Å². The first kappa shape index (κ1) is 27.0. The first-order valence-electron chi connectivity index (χ1n) is 9.09. The third-order valence-corrected chi connectivity index (χ3v) is 7.89.